The Bertz CT molecular complexity index is 1550. The van der Waals surface area contributed by atoms with Crippen molar-refractivity contribution in [1.82, 2.24) is 4.90 Å². The number of benzene rings is 3. The van der Waals surface area contributed by atoms with E-state index in [9.17, 15) is 14.4 Å². The van der Waals surface area contributed by atoms with E-state index in [1.54, 1.807) is 17.9 Å². The number of Topliss-reactive ketones (excluding diaryl/α,β-unsaturated/α-hetero) is 1. The molecule has 3 heterocycles. The fraction of sp³-hybridized carbons (Fsp3) is 0.226. The highest BCUT2D eigenvalue weighted by atomic mass is 32.2. The van der Waals surface area contributed by atoms with Crippen LogP contribution in [0, 0.1) is 0 Å². The highest BCUT2D eigenvalue weighted by molar-refractivity contribution is 8.14. The number of hydrogen-bond donors (Lipinski definition) is 0. The van der Waals surface area contributed by atoms with Crippen LogP contribution in [-0.4, -0.2) is 66.4 Å². The molecule has 0 atom stereocenters. The molecule has 41 heavy (non-hydrogen) atoms. The van der Waals surface area contributed by atoms with E-state index in [-0.39, 0.29) is 35.8 Å². The first-order chi connectivity index (χ1) is 20.0. The molecule has 0 aliphatic carbocycles. The quantitative estimate of drug-likeness (QED) is 0.321. The van der Waals surface area contributed by atoms with Crippen molar-refractivity contribution in [2.24, 2.45) is 4.99 Å². The van der Waals surface area contributed by atoms with E-state index in [0.717, 1.165) is 11.3 Å². The average Bonchev–Trinajstić information content (AvgIpc) is 3.60. The minimum Gasteiger partial charge on any atom is -0.454 e. The second kappa shape index (κ2) is 11.5. The molecule has 3 aliphatic rings. The summed E-state index contributed by atoms with van der Waals surface area (Å²) < 4.78 is 10.8. The Labute approximate surface area is 242 Å². The summed E-state index contributed by atoms with van der Waals surface area (Å²) in [6.45, 7) is 4.32. The van der Waals surface area contributed by atoms with E-state index in [4.69, 9.17) is 9.47 Å². The highest BCUT2D eigenvalue weighted by Gasteiger charge is 2.33. The molecule has 0 radical (unpaired) electrons. The SMILES string of the molecule is CC(=O)c1ccc(N2CCN(C(=O)CSC3=N/C(=C/c4ccc5c(c4)OCO5)C(=O)N3c3ccccc3)CC2)cc1. The van der Waals surface area contributed by atoms with Crippen LogP contribution in [0.25, 0.3) is 6.08 Å². The lowest BCUT2D eigenvalue weighted by molar-refractivity contribution is -0.128. The largest absolute Gasteiger partial charge is 0.454 e. The molecule has 3 aromatic rings. The van der Waals surface area contributed by atoms with Crippen LogP contribution in [-0.2, 0) is 9.59 Å². The summed E-state index contributed by atoms with van der Waals surface area (Å²) >= 11 is 1.26. The first-order valence-electron chi connectivity index (χ1n) is 13.3. The van der Waals surface area contributed by atoms with Crippen molar-refractivity contribution in [1.29, 1.82) is 0 Å². The number of piperazine rings is 1. The van der Waals surface area contributed by atoms with Gasteiger partial charge in [0.1, 0.15) is 5.70 Å². The summed E-state index contributed by atoms with van der Waals surface area (Å²) in [6, 6.07) is 22.4. The first-order valence-corrected chi connectivity index (χ1v) is 14.3. The predicted molar refractivity (Wildman–Crippen MR) is 160 cm³/mol. The molecule has 0 unspecified atom stereocenters. The van der Waals surface area contributed by atoms with Crippen molar-refractivity contribution in [2.45, 2.75) is 6.92 Å². The molecule has 0 N–H and O–H groups in total. The zero-order valence-corrected chi connectivity index (χ0v) is 23.3. The van der Waals surface area contributed by atoms with Crippen molar-refractivity contribution >= 4 is 52.0 Å². The number of thioether (sulfide) groups is 1. The van der Waals surface area contributed by atoms with Gasteiger partial charge in [0.25, 0.3) is 5.91 Å². The minimum absolute atomic E-state index is 0.00191. The molecule has 9 nitrogen and oxygen atoms in total. The van der Waals surface area contributed by atoms with E-state index in [1.165, 1.54) is 11.8 Å². The number of hydrogen-bond acceptors (Lipinski definition) is 8. The standard InChI is InChI=1S/C31H28N4O5S/c1-21(36)23-8-10-24(11-9-23)33-13-15-34(16-14-33)29(37)19-41-31-32-26(30(38)35(31)25-5-3-2-4-6-25)17-22-7-12-27-28(18-22)40-20-39-27/h2-12,17-18H,13-16,19-20H2,1H3/b26-17+. The number of anilines is 2. The Morgan fingerprint density at radius 2 is 1.63 bits per heavy atom. The van der Waals surface area contributed by atoms with Crippen molar-refractivity contribution in [3.63, 3.8) is 0 Å². The van der Waals surface area contributed by atoms with Crippen molar-refractivity contribution in [3.05, 3.63) is 89.6 Å². The van der Waals surface area contributed by atoms with Crippen LogP contribution in [0.1, 0.15) is 22.8 Å². The average molecular weight is 569 g/mol. The number of fused-ring (bicyclic) bond motifs is 1. The van der Waals surface area contributed by atoms with E-state index in [0.29, 0.717) is 54.1 Å². The normalized spacial score (nSPS) is 17.3. The van der Waals surface area contributed by atoms with Gasteiger partial charge < -0.3 is 19.3 Å². The van der Waals surface area contributed by atoms with Crippen LogP contribution in [0.15, 0.2) is 83.5 Å². The monoisotopic (exact) mass is 568 g/mol. The molecule has 1 saturated heterocycles. The summed E-state index contributed by atoms with van der Waals surface area (Å²) in [6.07, 6.45) is 1.72. The van der Waals surface area contributed by atoms with Gasteiger partial charge in [0.2, 0.25) is 12.7 Å². The van der Waals surface area contributed by atoms with Gasteiger partial charge in [-0.15, -0.1) is 0 Å². The molecular weight excluding hydrogens is 540 g/mol. The van der Waals surface area contributed by atoms with Gasteiger partial charge in [-0.25, -0.2) is 4.99 Å². The summed E-state index contributed by atoms with van der Waals surface area (Å²) in [4.78, 5) is 48.5. The molecule has 2 amide bonds. The first kappa shape index (κ1) is 26.6. The third kappa shape index (κ3) is 5.69. The maximum atomic E-state index is 13.5. The van der Waals surface area contributed by atoms with Gasteiger partial charge >= 0.3 is 0 Å². The zero-order chi connectivity index (χ0) is 28.3. The lowest BCUT2D eigenvalue weighted by Gasteiger charge is -2.36. The van der Waals surface area contributed by atoms with Gasteiger partial charge in [-0.05, 0) is 67.1 Å². The van der Waals surface area contributed by atoms with Crippen LogP contribution in [0.3, 0.4) is 0 Å². The fourth-order valence-corrected chi connectivity index (χ4v) is 5.81. The number of ketones is 1. The second-order valence-electron chi connectivity index (χ2n) is 9.77. The third-order valence-corrected chi connectivity index (χ3v) is 8.06. The molecule has 3 aromatic carbocycles. The van der Waals surface area contributed by atoms with Gasteiger partial charge in [0.15, 0.2) is 22.4 Å². The highest BCUT2D eigenvalue weighted by Crippen LogP contribution is 2.34. The lowest BCUT2D eigenvalue weighted by atomic mass is 10.1. The molecular formula is C31H28N4O5S. The van der Waals surface area contributed by atoms with Crippen molar-refractivity contribution < 1.29 is 23.9 Å². The summed E-state index contributed by atoms with van der Waals surface area (Å²) in [7, 11) is 0. The molecule has 208 valence electrons. The summed E-state index contributed by atoms with van der Waals surface area (Å²) in [5, 5.41) is 0.464. The number of rotatable bonds is 6. The second-order valence-corrected chi connectivity index (χ2v) is 10.7. The smallest absolute Gasteiger partial charge is 0.283 e. The van der Waals surface area contributed by atoms with Gasteiger partial charge in [-0.3, -0.25) is 19.3 Å². The number of para-hydroxylation sites is 1. The molecule has 0 bridgehead atoms. The van der Waals surface area contributed by atoms with E-state index < -0.39 is 0 Å². The Kier molecular flexibility index (Phi) is 7.47. The predicted octanol–water partition coefficient (Wildman–Crippen LogP) is 4.44. The number of nitrogens with zero attached hydrogens (tertiary/aromatic N) is 4. The van der Waals surface area contributed by atoms with E-state index in [1.807, 2.05) is 77.7 Å². The minimum atomic E-state index is -0.256. The van der Waals surface area contributed by atoms with Gasteiger partial charge in [0, 0.05) is 37.4 Å². The fourth-order valence-electron chi connectivity index (χ4n) is 4.90. The number of carbonyl (C=O) groups excluding carboxylic acids is 3. The van der Waals surface area contributed by atoms with Crippen LogP contribution in [0.5, 0.6) is 11.5 Å². The topological polar surface area (TPSA) is 91.8 Å². The van der Waals surface area contributed by atoms with Crippen LogP contribution < -0.4 is 19.3 Å². The molecule has 6 rings (SSSR count). The maximum Gasteiger partial charge on any atom is 0.283 e. The summed E-state index contributed by atoms with van der Waals surface area (Å²) in [5.74, 6) is 1.24. The van der Waals surface area contributed by atoms with Crippen molar-refractivity contribution in [2.75, 3.05) is 48.5 Å². The number of amides is 2. The van der Waals surface area contributed by atoms with E-state index in [2.05, 4.69) is 9.89 Å². The zero-order valence-electron chi connectivity index (χ0n) is 22.5. The van der Waals surface area contributed by atoms with E-state index >= 15 is 0 Å². The van der Waals surface area contributed by atoms with Crippen LogP contribution in [0.4, 0.5) is 11.4 Å². The molecule has 1 fully saturated rings. The van der Waals surface area contributed by atoms with Crippen LogP contribution >= 0.6 is 11.8 Å². The Balaban J connectivity index is 1.13. The van der Waals surface area contributed by atoms with Crippen LogP contribution in [0.2, 0.25) is 0 Å². The lowest BCUT2D eigenvalue weighted by Crippen LogP contribution is -2.49. The van der Waals surface area contributed by atoms with Gasteiger partial charge in [0.05, 0.1) is 11.4 Å². The number of carbonyl (C=O) groups is 3. The third-order valence-electron chi connectivity index (χ3n) is 7.14. The Morgan fingerprint density at radius 3 is 2.37 bits per heavy atom. The molecule has 0 spiro atoms. The summed E-state index contributed by atoms with van der Waals surface area (Å²) in [5.41, 5.74) is 3.47. The maximum absolute atomic E-state index is 13.5. The Morgan fingerprint density at radius 1 is 0.902 bits per heavy atom. The molecule has 0 aromatic heterocycles. The molecule has 10 heteroatoms. The number of amidine groups is 1. The number of ether oxygens (including phenoxy) is 2. The Hall–Kier alpha value is -4.57. The number of aliphatic imine (C=N–C) groups is 1. The van der Waals surface area contributed by atoms with Gasteiger partial charge in [-0.2, -0.15) is 0 Å². The van der Waals surface area contributed by atoms with Crippen molar-refractivity contribution in [3.8, 4) is 11.5 Å². The molecule has 0 saturated carbocycles. The molecule has 3 aliphatic heterocycles. The van der Waals surface area contributed by atoms with Gasteiger partial charge in [-0.1, -0.05) is 36.0 Å².